The fourth-order valence-electron chi connectivity index (χ4n) is 2.69. The van der Waals surface area contributed by atoms with Crippen LogP contribution in [0.3, 0.4) is 0 Å². The van der Waals surface area contributed by atoms with Crippen LogP contribution in [-0.4, -0.2) is 38.2 Å². The van der Waals surface area contributed by atoms with Crippen LogP contribution in [-0.2, 0) is 0 Å². The van der Waals surface area contributed by atoms with Gasteiger partial charge in [-0.3, -0.25) is 4.79 Å². The molecule has 1 aromatic carbocycles. The van der Waals surface area contributed by atoms with Crippen molar-refractivity contribution in [1.29, 1.82) is 0 Å². The molecule has 1 amide bonds. The molecular formula is C20H27N3O3. The molecule has 0 aliphatic heterocycles. The maximum absolute atomic E-state index is 12.6. The number of nitrogens with zero attached hydrogens (tertiary/aromatic N) is 2. The van der Waals surface area contributed by atoms with E-state index < -0.39 is 0 Å². The Morgan fingerprint density at radius 1 is 1.08 bits per heavy atom. The fraction of sp³-hybridized carbons (Fsp3) is 0.400. The highest BCUT2D eigenvalue weighted by Crippen LogP contribution is 2.29. The molecule has 0 unspecified atom stereocenters. The number of carbonyl (C=O) groups excluding carboxylic acids is 1. The fourth-order valence-corrected chi connectivity index (χ4v) is 2.69. The molecule has 6 nitrogen and oxygen atoms in total. The molecule has 6 heteroatoms. The number of aromatic nitrogens is 1. The van der Waals surface area contributed by atoms with Crippen molar-refractivity contribution >= 4 is 17.4 Å². The highest BCUT2D eigenvalue weighted by atomic mass is 16.5. The van der Waals surface area contributed by atoms with Crippen molar-refractivity contribution < 1.29 is 14.3 Å². The van der Waals surface area contributed by atoms with E-state index in [0.29, 0.717) is 22.7 Å². The van der Waals surface area contributed by atoms with Crippen LogP contribution >= 0.6 is 0 Å². The van der Waals surface area contributed by atoms with Gasteiger partial charge in [0, 0.05) is 25.4 Å². The quantitative estimate of drug-likeness (QED) is 0.735. The van der Waals surface area contributed by atoms with E-state index in [-0.39, 0.29) is 5.91 Å². The van der Waals surface area contributed by atoms with E-state index in [1.165, 1.54) is 0 Å². The van der Waals surface area contributed by atoms with Gasteiger partial charge in [0.1, 0.15) is 17.3 Å². The third-order valence-corrected chi connectivity index (χ3v) is 3.98. The van der Waals surface area contributed by atoms with Gasteiger partial charge in [-0.05, 0) is 37.1 Å². The molecule has 1 heterocycles. The minimum Gasteiger partial charge on any atom is -0.497 e. The van der Waals surface area contributed by atoms with Crippen molar-refractivity contribution in [2.45, 2.75) is 26.7 Å². The van der Waals surface area contributed by atoms with Crippen LogP contribution in [0.25, 0.3) is 0 Å². The van der Waals surface area contributed by atoms with Gasteiger partial charge < -0.3 is 19.7 Å². The standard InChI is InChI=1S/C20H27N3O3/c1-5-11-23(12-6-2)19-10-7-15(14-21-19)20(24)22-17-13-16(25-3)8-9-18(17)26-4/h7-10,13-14H,5-6,11-12H2,1-4H3,(H,22,24). The first-order valence-electron chi connectivity index (χ1n) is 8.87. The van der Waals surface area contributed by atoms with Gasteiger partial charge in [0.05, 0.1) is 25.5 Å². The molecule has 0 bridgehead atoms. The van der Waals surface area contributed by atoms with Crippen molar-refractivity contribution in [1.82, 2.24) is 4.98 Å². The lowest BCUT2D eigenvalue weighted by molar-refractivity contribution is 0.102. The minimum absolute atomic E-state index is 0.242. The number of benzene rings is 1. The zero-order chi connectivity index (χ0) is 18.9. The summed E-state index contributed by atoms with van der Waals surface area (Å²) in [7, 11) is 3.14. The van der Waals surface area contributed by atoms with Gasteiger partial charge in [0.25, 0.3) is 5.91 Å². The predicted molar refractivity (Wildman–Crippen MR) is 105 cm³/mol. The van der Waals surface area contributed by atoms with Crippen molar-refractivity contribution in [3.8, 4) is 11.5 Å². The molecule has 0 fully saturated rings. The van der Waals surface area contributed by atoms with Crippen LogP contribution < -0.4 is 19.7 Å². The Bertz CT molecular complexity index is 711. The molecule has 0 saturated carbocycles. The summed E-state index contributed by atoms with van der Waals surface area (Å²) in [5.74, 6) is 1.86. The van der Waals surface area contributed by atoms with Gasteiger partial charge in [-0.25, -0.2) is 4.98 Å². The van der Waals surface area contributed by atoms with E-state index >= 15 is 0 Å². The Labute approximate surface area is 155 Å². The summed E-state index contributed by atoms with van der Waals surface area (Å²) in [6.07, 6.45) is 3.72. The van der Waals surface area contributed by atoms with E-state index in [2.05, 4.69) is 29.0 Å². The number of anilines is 2. The largest absolute Gasteiger partial charge is 0.497 e. The number of rotatable bonds is 9. The molecule has 140 valence electrons. The summed E-state index contributed by atoms with van der Waals surface area (Å²) in [6, 6.07) is 8.94. The highest BCUT2D eigenvalue weighted by Gasteiger charge is 2.13. The molecule has 0 saturated heterocycles. The van der Waals surface area contributed by atoms with Crippen LogP contribution in [0.1, 0.15) is 37.0 Å². The first-order chi connectivity index (χ1) is 12.6. The summed E-state index contributed by atoms with van der Waals surface area (Å²) >= 11 is 0. The smallest absolute Gasteiger partial charge is 0.257 e. The Balaban J connectivity index is 2.15. The molecule has 26 heavy (non-hydrogen) atoms. The molecule has 0 radical (unpaired) electrons. The number of amides is 1. The van der Waals surface area contributed by atoms with Crippen molar-refractivity contribution in [3.63, 3.8) is 0 Å². The SMILES string of the molecule is CCCN(CCC)c1ccc(C(=O)Nc2cc(OC)ccc2OC)cn1. The second-order valence-corrected chi connectivity index (χ2v) is 5.91. The number of nitrogens with one attached hydrogen (secondary N) is 1. The number of pyridine rings is 1. The maximum atomic E-state index is 12.6. The zero-order valence-corrected chi connectivity index (χ0v) is 15.9. The average molecular weight is 357 g/mol. The summed E-state index contributed by atoms with van der Waals surface area (Å²) in [4.78, 5) is 19.2. The van der Waals surface area contributed by atoms with Gasteiger partial charge in [0.2, 0.25) is 0 Å². The van der Waals surface area contributed by atoms with E-state index in [0.717, 1.165) is 31.7 Å². The second-order valence-electron chi connectivity index (χ2n) is 5.91. The molecule has 2 rings (SSSR count). The normalized spacial score (nSPS) is 10.3. The third kappa shape index (κ3) is 4.88. The zero-order valence-electron chi connectivity index (χ0n) is 15.9. The van der Waals surface area contributed by atoms with Crippen LogP contribution in [0.2, 0.25) is 0 Å². The second kappa shape index (κ2) is 9.65. The first kappa shape index (κ1) is 19.6. The molecule has 1 aromatic heterocycles. The lowest BCUT2D eigenvalue weighted by atomic mass is 10.2. The molecule has 0 aliphatic carbocycles. The highest BCUT2D eigenvalue weighted by molar-refractivity contribution is 6.05. The predicted octanol–water partition coefficient (Wildman–Crippen LogP) is 3.98. The monoisotopic (exact) mass is 357 g/mol. The van der Waals surface area contributed by atoms with E-state index in [9.17, 15) is 4.79 Å². The van der Waals surface area contributed by atoms with E-state index in [4.69, 9.17) is 9.47 Å². The molecule has 0 spiro atoms. The summed E-state index contributed by atoms with van der Waals surface area (Å²) < 4.78 is 10.5. The number of ether oxygens (including phenoxy) is 2. The van der Waals surface area contributed by atoms with Crippen LogP contribution in [0.15, 0.2) is 36.5 Å². The Hall–Kier alpha value is -2.76. The molecule has 0 atom stereocenters. The van der Waals surface area contributed by atoms with Crippen LogP contribution in [0, 0.1) is 0 Å². The van der Waals surface area contributed by atoms with Gasteiger partial charge in [-0.1, -0.05) is 13.8 Å². The summed E-state index contributed by atoms with van der Waals surface area (Å²) in [5, 5.41) is 2.85. The van der Waals surface area contributed by atoms with E-state index in [1.807, 2.05) is 6.07 Å². The molecule has 0 aliphatic rings. The minimum atomic E-state index is -0.242. The molecular weight excluding hydrogens is 330 g/mol. The Kier molecular flexibility index (Phi) is 7.26. The molecule has 2 aromatic rings. The van der Waals surface area contributed by atoms with Gasteiger partial charge in [-0.15, -0.1) is 0 Å². The Morgan fingerprint density at radius 3 is 2.35 bits per heavy atom. The van der Waals surface area contributed by atoms with Gasteiger partial charge in [-0.2, -0.15) is 0 Å². The van der Waals surface area contributed by atoms with Gasteiger partial charge >= 0.3 is 0 Å². The topological polar surface area (TPSA) is 63.7 Å². The van der Waals surface area contributed by atoms with Crippen molar-refractivity contribution in [2.75, 3.05) is 37.5 Å². The lowest BCUT2D eigenvalue weighted by Crippen LogP contribution is -2.26. The summed E-state index contributed by atoms with van der Waals surface area (Å²) in [6.45, 7) is 6.19. The third-order valence-electron chi connectivity index (χ3n) is 3.98. The van der Waals surface area contributed by atoms with Gasteiger partial charge in [0.15, 0.2) is 0 Å². The van der Waals surface area contributed by atoms with Crippen LogP contribution in [0.4, 0.5) is 11.5 Å². The number of methoxy groups -OCH3 is 2. The number of hydrogen-bond donors (Lipinski definition) is 1. The van der Waals surface area contributed by atoms with Crippen LogP contribution in [0.5, 0.6) is 11.5 Å². The number of carbonyl (C=O) groups is 1. The maximum Gasteiger partial charge on any atom is 0.257 e. The van der Waals surface area contributed by atoms with E-state index in [1.54, 1.807) is 44.7 Å². The van der Waals surface area contributed by atoms with Crippen molar-refractivity contribution in [3.05, 3.63) is 42.1 Å². The average Bonchev–Trinajstić information content (AvgIpc) is 2.67. The first-order valence-corrected chi connectivity index (χ1v) is 8.87. The molecule has 1 N–H and O–H groups in total. The Morgan fingerprint density at radius 2 is 1.81 bits per heavy atom. The van der Waals surface area contributed by atoms with Crippen molar-refractivity contribution in [2.24, 2.45) is 0 Å². The number of hydrogen-bond acceptors (Lipinski definition) is 5. The lowest BCUT2D eigenvalue weighted by Gasteiger charge is -2.22. The summed E-state index contributed by atoms with van der Waals surface area (Å²) in [5.41, 5.74) is 1.05.